The molecule has 3 aromatic rings. The maximum atomic E-state index is 14.1. The smallest absolute Gasteiger partial charge is 0.261 e. The predicted molar refractivity (Wildman–Crippen MR) is 129 cm³/mol. The molecule has 0 bridgehead atoms. The molecule has 6 nitrogen and oxygen atoms in total. The molecule has 2 aromatic carbocycles. The van der Waals surface area contributed by atoms with Crippen LogP contribution in [0.1, 0.15) is 35.8 Å². The fraction of sp³-hybridized carbons (Fsp3) is 0.308. The molecule has 0 spiro atoms. The molecule has 1 fully saturated rings. The molecule has 2 heterocycles. The quantitative estimate of drug-likeness (QED) is 0.602. The number of benzene rings is 2. The lowest BCUT2D eigenvalue weighted by atomic mass is 10.0. The van der Waals surface area contributed by atoms with Gasteiger partial charge in [-0.2, -0.15) is 0 Å². The fourth-order valence-electron chi connectivity index (χ4n) is 4.26. The second kappa shape index (κ2) is 10.0. The Morgan fingerprint density at radius 2 is 1.79 bits per heavy atom. The Morgan fingerprint density at radius 3 is 2.45 bits per heavy atom. The summed E-state index contributed by atoms with van der Waals surface area (Å²) in [6.07, 6.45) is 0. The molecule has 33 heavy (non-hydrogen) atoms. The van der Waals surface area contributed by atoms with Gasteiger partial charge in [0.15, 0.2) is 0 Å². The van der Waals surface area contributed by atoms with Crippen molar-refractivity contribution in [1.82, 2.24) is 15.2 Å². The molecule has 1 aromatic heterocycles. The van der Waals surface area contributed by atoms with Gasteiger partial charge in [0.25, 0.3) is 11.5 Å². The Bertz CT molecular complexity index is 1170. The van der Waals surface area contributed by atoms with Crippen molar-refractivity contribution in [2.75, 3.05) is 37.6 Å². The second-order valence-corrected chi connectivity index (χ2v) is 8.30. The van der Waals surface area contributed by atoms with Crippen LogP contribution in [0.2, 0.25) is 0 Å². The van der Waals surface area contributed by atoms with Crippen molar-refractivity contribution in [3.63, 3.8) is 0 Å². The van der Waals surface area contributed by atoms with Gasteiger partial charge in [-0.15, -0.1) is 0 Å². The molecule has 1 aliphatic heterocycles. The van der Waals surface area contributed by atoms with E-state index in [1.807, 2.05) is 37.3 Å². The third-order valence-corrected chi connectivity index (χ3v) is 6.20. The van der Waals surface area contributed by atoms with Gasteiger partial charge in [-0.25, -0.2) is 4.39 Å². The summed E-state index contributed by atoms with van der Waals surface area (Å²) in [5.74, 6) is -0.846. The molecule has 172 valence electrons. The van der Waals surface area contributed by atoms with E-state index in [-0.39, 0.29) is 11.4 Å². The number of halogens is 1. The Morgan fingerprint density at radius 1 is 1.06 bits per heavy atom. The summed E-state index contributed by atoms with van der Waals surface area (Å²) in [6.45, 7) is 8.53. The topological polar surface area (TPSA) is 68.4 Å². The Hall–Kier alpha value is -3.45. The van der Waals surface area contributed by atoms with Crippen LogP contribution in [0.3, 0.4) is 0 Å². The number of carbonyl (C=O) groups excluding carboxylic acids is 1. The number of amides is 1. The molecule has 1 unspecified atom stereocenters. The zero-order valence-electron chi connectivity index (χ0n) is 19.0. The van der Waals surface area contributed by atoms with E-state index in [2.05, 4.69) is 27.0 Å². The first-order valence-electron chi connectivity index (χ1n) is 11.3. The third-order valence-electron chi connectivity index (χ3n) is 6.20. The zero-order chi connectivity index (χ0) is 23.4. The minimum atomic E-state index is -0.491. The average Bonchev–Trinajstić information content (AvgIpc) is 2.84. The molecule has 7 heteroatoms. The minimum absolute atomic E-state index is 0.0241. The van der Waals surface area contributed by atoms with E-state index in [0.29, 0.717) is 11.3 Å². The average molecular weight is 449 g/mol. The first-order valence-corrected chi connectivity index (χ1v) is 11.3. The van der Waals surface area contributed by atoms with Crippen LogP contribution in [-0.2, 0) is 0 Å². The number of anilines is 1. The van der Waals surface area contributed by atoms with Gasteiger partial charge in [-0.1, -0.05) is 37.3 Å². The molecule has 1 amide bonds. The minimum Gasteiger partial charge on any atom is -0.369 e. The van der Waals surface area contributed by atoms with Gasteiger partial charge >= 0.3 is 0 Å². The van der Waals surface area contributed by atoms with E-state index in [1.165, 1.54) is 18.2 Å². The maximum Gasteiger partial charge on any atom is 0.261 e. The highest BCUT2D eigenvalue weighted by molar-refractivity contribution is 5.94. The second-order valence-electron chi connectivity index (χ2n) is 8.30. The first kappa shape index (κ1) is 22.7. The molecule has 1 atom stereocenters. The van der Waals surface area contributed by atoms with Gasteiger partial charge in [0.2, 0.25) is 0 Å². The highest BCUT2D eigenvalue weighted by Gasteiger charge is 2.23. The standard InChI is InChI=1S/C26H29FN4O2/c1-3-30-13-15-31(16-14-30)24-12-9-20(27)17-22(24)18(2)28-25(32)21-10-11-23(29-26(21)33)19-7-5-4-6-8-19/h4-12,17-18H,3,13-16H2,1-2H3,(H,28,32)(H,29,33). The third kappa shape index (κ3) is 5.14. The SMILES string of the molecule is CCN1CCN(c2ccc(F)cc2C(C)NC(=O)c2ccc(-c3ccccc3)[nH]c2=O)CC1. The van der Waals surface area contributed by atoms with Crippen LogP contribution in [-0.4, -0.2) is 48.5 Å². The Balaban J connectivity index is 1.53. The van der Waals surface area contributed by atoms with Crippen LogP contribution in [0.5, 0.6) is 0 Å². The number of carbonyl (C=O) groups is 1. The van der Waals surface area contributed by atoms with Crippen LogP contribution in [0.25, 0.3) is 11.3 Å². The van der Waals surface area contributed by atoms with E-state index >= 15 is 0 Å². The molecule has 1 aliphatic rings. The van der Waals surface area contributed by atoms with Crippen LogP contribution in [0.15, 0.2) is 65.5 Å². The summed E-state index contributed by atoms with van der Waals surface area (Å²) in [7, 11) is 0. The van der Waals surface area contributed by atoms with E-state index in [4.69, 9.17) is 0 Å². The van der Waals surface area contributed by atoms with Gasteiger partial charge in [-0.3, -0.25) is 9.59 Å². The number of nitrogens with one attached hydrogen (secondary N) is 2. The van der Waals surface area contributed by atoms with Gasteiger partial charge in [0, 0.05) is 43.1 Å². The molecular formula is C26H29FN4O2. The van der Waals surface area contributed by atoms with E-state index in [1.54, 1.807) is 12.1 Å². The number of aromatic amines is 1. The predicted octanol–water partition coefficient (Wildman–Crippen LogP) is 3.81. The molecule has 0 radical (unpaired) electrons. The van der Waals surface area contributed by atoms with E-state index in [9.17, 15) is 14.0 Å². The highest BCUT2D eigenvalue weighted by atomic mass is 19.1. The molecule has 0 saturated carbocycles. The maximum absolute atomic E-state index is 14.1. The summed E-state index contributed by atoms with van der Waals surface area (Å²) in [5, 5.41) is 2.88. The van der Waals surface area contributed by atoms with Crippen molar-refractivity contribution < 1.29 is 9.18 Å². The number of pyridine rings is 1. The van der Waals surface area contributed by atoms with Crippen LogP contribution >= 0.6 is 0 Å². The monoisotopic (exact) mass is 448 g/mol. The molecule has 2 N–H and O–H groups in total. The summed E-state index contributed by atoms with van der Waals surface area (Å²) in [5.41, 5.74) is 2.68. The number of likely N-dealkylation sites (N-methyl/N-ethyl adjacent to an activating group) is 1. The molecule has 4 rings (SSSR count). The number of hydrogen-bond acceptors (Lipinski definition) is 4. The lowest BCUT2D eigenvalue weighted by Gasteiger charge is -2.37. The lowest BCUT2D eigenvalue weighted by molar-refractivity contribution is 0.0938. The van der Waals surface area contributed by atoms with Crippen molar-refractivity contribution in [3.05, 3.63) is 88.0 Å². The summed E-state index contributed by atoms with van der Waals surface area (Å²) < 4.78 is 14.1. The number of rotatable bonds is 6. The van der Waals surface area contributed by atoms with Gasteiger partial charge < -0.3 is 20.1 Å². The van der Waals surface area contributed by atoms with E-state index < -0.39 is 17.5 Å². The zero-order valence-corrected chi connectivity index (χ0v) is 19.0. The number of hydrogen-bond donors (Lipinski definition) is 2. The van der Waals surface area contributed by atoms with Gasteiger partial charge in [0.1, 0.15) is 11.4 Å². The Labute approximate surface area is 193 Å². The van der Waals surface area contributed by atoms with Crippen molar-refractivity contribution >= 4 is 11.6 Å². The molecular weight excluding hydrogens is 419 g/mol. The number of nitrogens with zero attached hydrogens (tertiary/aromatic N) is 2. The normalized spacial score (nSPS) is 15.3. The Kier molecular flexibility index (Phi) is 6.89. The molecule has 0 aliphatic carbocycles. The number of aromatic nitrogens is 1. The van der Waals surface area contributed by atoms with E-state index in [0.717, 1.165) is 44.0 Å². The van der Waals surface area contributed by atoms with Crippen molar-refractivity contribution in [1.29, 1.82) is 0 Å². The summed E-state index contributed by atoms with van der Waals surface area (Å²) >= 11 is 0. The molecule has 1 saturated heterocycles. The van der Waals surface area contributed by atoms with Crippen molar-refractivity contribution in [2.24, 2.45) is 0 Å². The lowest BCUT2D eigenvalue weighted by Crippen LogP contribution is -2.46. The van der Waals surface area contributed by atoms with Crippen LogP contribution < -0.4 is 15.8 Å². The largest absolute Gasteiger partial charge is 0.369 e. The number of piperazine rings is 1. The summed E-state index contributed by atoms with van der Waals surface area (Å²) in [4.78, 5) is 32.9. The van der Waals surface area contributed by atoms with Gasteiger partial charge in [0.05, 0.1) is 6.04 Å². The highest BCUT2D eigenvalue weighted by Crippen LogP contribution is 2.28. The van der Waals surface area contributed by atoms with Crippen LogP contribution in [0.4, 0.5) is 10.1 Å². The van der Waals surface area contributed by atoms with Gasteiger partial charge in [-0.05, 0) is 49.4 Å². The first-order chi connectivity index (χ1) is 16.0. The number of H-pyrrole nitrogens is 1. The summed E-state index contributed by atoms with van der Waals surface area (Å²) in [6, 6.07) is 16.9. The van der Waals surface area contributed by atoms with Crippen LogP contribution in [0, 0.1) is 5.82 Å². The van der Waals surface area contributed by atoms with Crippen molar-refractivity contribution in [2.45, 2.75) is 19.9 Å². The fourth-order valence-corrected chi connectivity index (χ4v) is 4.26. The van der Waals surface area contributed by atoms with Crippen molar-refractivity contribution in [3.8, 4) is 11.3 Å².